The van der Waals surface area contributed by atoms with E-state index in [4.69, 9.17) is 4.42 Å². The monoisotopic (exact) mass is 209 g/mol. The van der Waals surface area contributed by atoms with Crippen LogP contribution in [0.2, 0.25) is 0 Å². The van der Waals surface area contributed by atoms with Crippen molar-refractivity contribution in [2.75, 3.05) is 13.6 Å². The summed E-state index contributed by atoms with van der Waals surface area (Å²) in [5.74, 6) is 0.460. The lowest BCUT2D eigenvalue weighted by Crippen LogP contribution is -2.29. The minimum atomic E-state index is -0.0863. The van der Waals surface area contributed by atoms with Crippen LogP contribution in [0.15, 0.2) is 23.0 Å². The molecule has 0 spiro atoms. The van der Waals surface area contributed by atoms with E-state index < -0.39 is 0 Å². The highest BCUT2D eigenvalue weighted by atomic mass is 16.3. The van der Waals surface area contributed by atoms with Crippen molar-refractivity contribution in [2.24, 2.45) is 5.92 Å². The number of rotatable bonds is 4. The first kappa shape index (κ1) is 10.7. The summed E-state index contributed by atoms with van der Waals surface area (Å²) in [7, 11) is 2.10. The van der Waals surface area contributed by atoms with Crippen molar-refractivity contribution in [3.8, 4) is 0 Å². The standard InChI is InChI=1S/C12H19NO2/c1-13(7-10-5-6-15-9-10)8-11-3-2-4-12(11)14/h5-6,9,11-12,14H,2-4,7-8H2,1H3. The summed E-state index contributed by atoms with van der Waals surface area (Å²) in [4.78, 5) is 2.25. The van der Waals surface area contributed by atoms with Crippen LogP contribution in [0.25, 0.3) is 0 Å². The summed E-state index contributed by atoms with van der Waals surface area (Å²) < 4.78 is 5.03. The molecule has 0 aromatic carbocycles. The molecule has 1 aliphatic rings. The Labute approximate surface area is 90.7 Å². The predicted octanol–water partition coefficient (Wildman–Crippen LogP) is 1.87. The van der Waals surface area contributed by atoms with Gasteiger partial charge in [0.25, 0.3) is 0 Å². The van der Waals surface area contributed by atoms with Gasteiger partial charge in [0.1, 0.15) is 0 Å². The highest BCUT2D eigenvalue weighted by molar-refractivity contribution is 5.04. The van der Waals surface area contributed by atoms with Crippen LogP contribution in [-0.2, 0) is 6.54 Å². The molecule has 2 atom stereocenters. The Morgan fingerprint density at radius 3 is 3.00 bits per heavy atom. The van der Waals surface area contributed by atoms with E-state index in [1.807, 2.05) is 6.07 Å². The summed E-state index contributed by atoms with van der Waals surface area (Å²) in [6.07, 6.45) is 6.71. The number of aliphatic hydroxyl groups excluding tert-OH is 1. The van der Waals surface area contributed by atoms with Crippen LogP contribution in [0.1, 0.15) is 24.8 Å². The van der Waals surface area contributed by atoms with Gasteiger partial charge in [-0.1, -0.05) is 6.42 Å². The first-order valence-corrected chi connectivity index (χ1v) is 5.63. The lowest BCUT2D eigenvalue weighted by atomic mass is 10.1. The summed E-state index contributed by atoms with van der Waals surface area (Å²) in [5, 5.41) is 9.72. The number of hydrogen-bond acceptors (Lipinski definition) is 3. The van der Waals surface area contributed by atoms with Gasteiger partial charge in [0.2, 0.25) is 0 Å². The molecule has 2 rings (SSSR count). The fourth-order valence-electron chi connectivity index (χ4n) is 2.39. The second-order valence-corrected chi connectivity index (χ2v) is 4.59. The smallest absolute Gasteiger partial charge is 0.0947 e. The molecule has 1 saturated carbocycles. The average Bonchev–Trinajstić information content (AvgIpc) is 2.79. The van der Waals surface area contributed by atoms with E-state index in [1.165, 1.54) is 12.0 Å². The molecule has 3 heteroatoms. The van der Waals surface area contributed by atoms with Gasteiger partial charge in [0.15, 0.2) is 0 Å². The molecule has 1 fully saturated rings. The van der Waals surface area contributed by atoms with Crippen molar-refractivity contribution in [3.05, 3.63) is 24.2 Å². The summed E-state index contributed by atoms with van der Waals surface area (Å²) in [6.45, 7) is 1.88. The number of nitrogens with zero attached hydrogens (tertiary/aromatic N) is 1. The fourth-order valence-corrected chi connectivity index (χ4v) is 2.39. The van der Waals surface area contributed by atoms with Crippen LogP contribution >= 0.6 is 0 Å². The van der Waals surface area contributed by atoms with Gasteiger partial charge >= 0.3 is 0 Å². The van der Waals surface area contributed by atoms with Crippen molar-refractivity contribution in [1.29, 1.82) is 0 Å². The number of hydrogen-bond donors (Lipinski definition) is 1. The summed E-state index contributed by atoms with van der Waals surface area (Å²) in [6, 6.07) is 1.99. The van der Waals surface area contributed by atoms with Crippen molar-refractivity contribution in [1.82, 2.24) is 4.90 Å². The molecule has 0 saturated heterocycles. The van der Waals surface area contributed by atoms with E-state index in [1.54, 1.807) is 12.5 Å². The van der Waals surface area contributed by atoms with E-state index in [2.05, 4.69) is 11.9 Å². The molecule has 1 aliphatic carbocycles. The molecule has 1 aromatic heterocycles. The second kappa shape index (κ2) is 4.81. The van der Waals surface area contributed by atoms with Gasteiger partial charge < -0.3 is 14.4 Å². The third-order valence-corrected chi connectivity index (χ3v) is 3.20. The minimum Gasteiger partial charge on any atom is -0.472 e. The van der Waals surface area contributed by atoms with E-state index in [0.717, 1.165) is 25.9 Å². The number of aliphatic hydroxyl groups is 1. The Balaban J connectivity index is 1.79. The van der Waals surface area contributed by atoms with Crippen LogP contribution < -0.4 is 0 Å². The minimum absolute atomic E-state index is 0.0863. The van der Waals surface area contributed by atoms with E-state index >= 15 is 0 Å². The third kappa shape index (κ3) is 2.83. The maximum atomic E-state index is 9.72. The Morgan fingerprint density at radius 1 is 1.53 bits per heavy atom. The van der Waals surface area contributed by atoms with Crippen LogP contribution in [0, 0.1) is 5.92 Å². The van der Waals surface area contributed by atoms with Crippen LogP contribution in [0.4, 0.5) is 0 Å². The molecular formula is C12H19NO2. The normalized spacial score (nSPS) is 26.3. The zero-order chi connectivity index (χ0) is 10.7. The first-order chi connectivity index (χ1) is 7.25. The van der Waals surface area contributed by atoms with Gasteiger partial charge in [-0.3, -0.25) is 0 Å². The Bertz CT molecular complexity index is 284. The Morgan fingerprint density at radius 2 is 2.40 bits per heavy atom. The molecule has 1 N–H and O–H groups in total. The van der Waals surface area contributed by atoms with Crippen LogP contribution in [0.5, 0.6) is 0 Å². The molecule has 0 amide bonds. The quantitative estimate of drug-likeness (QED) is 0.822. The fraction of sp³-hybridized carbons (Fsp3) is 0.667. The van der Waals surface area contributed by atoms with Crippen molar-refractivity contribution < 1.29 is 9.52 Å². The second-order valence-electron chi connectivity index (χ2n) is 4.59. The van der Waals surface area contributed by atoms with Gasteiger partial charge in [0, 0.05) is 18.7 Å². The van der Waals surface area contributed by atoms with Gasteiger partial charge in [-0.15, -0.1) is 0 Å². The van der Waals surface area contributed by atoms with E-state index in [-0.39, 0.29) is 6.10 Å². The maximum Gasteiger partial charge on any atom is 0.0947 e. The van der Waals surface area contributed by atoms with Crippen LogP contribution in [-0.4, -0.2) is 29.7 Å². The lowest BCUT2D eigenvalue weighted by Gasteiger charge is -2.22. The average molecular weight is 209 g/mol. The lowest BCUT2D eigenvalue weighted by molar-refractivity contribution is 0.108. The van der Waals surface area contributed by atoms with E-state index in [9.17, 15) is 5.11 Å². The van der Waals surface area contributed by atoms with Crippen molar-refractivity contribution in [3.63, 3.8) is 0 Å². The highest BCUT2D eigenvalue weighted by Crippen LogP contribution is 2.26. The predicted molar refractivity (Wildman–Crippen MR) is 58.4 cm³/mol. The van der Waals surface area contributed by atoms with Gasteiger partial charge in [-0.2, -0.15) is 0 Å². The molecule has 3 nitrogen and oxygen atoms in total. The molecule has 0 aliphatic heterocycles. The SMILES string of the molecule is CN(Cc1ccoc1)CC1CCCC1O. The van der Waals surface area contributed by atoms with Gasteiger partial charge in [0.05, 0.1) is 18.6 Å². The van der Waals surface area contributed by atoms with Gasteiger partial charge in [-0.25, -0.2) is 0 Å². The molecular weight excluding hydrogens is 190 g/mol. The zero-order valence-corrected chi connectivity index (χ0v) is 9.22. The summed E-state index contributed by atoms with van der Waals surface area (Å²) in [5.41, 5.74) is 1.20. The zero-order valence-electron chi connectivity index (χ0n) is 9.22. The third-order valence-electron chi connectivity index (χ3n) is 3.20. The maximum absolute atomic E-state index is 9.72. The molecule has 15 heavy (non-hydrogen) atoms. The topological polar surface area (TPSA) is 36.6 Å². The summed E-state index contributed by atoms with van der Waals surface area (Å²) >= 11 is 0. The largest absolute Gasteiger partial charge is 0.472 e. The van der Waals surface area contributed by atoms with Crippen molar-refractivity contribution in [2.45, 2.75) is 31.9 Å². The first-order valence-electron chi connectivity index (χ1n) is 5.63. The van der Waals surface area contributed by atoms with Crippen molar-refractivity contribution >= 4 is 0 Å². The Hall–Kier alpha value is -0.800. The molecule has 0 bridgehead atoms. The van der Waals surface area contributed by atoms with Gasteiger partial charge in [-0.05, 0) is 31.9 Å². The Kier molecular flexibility index (Phi) is 3.44. The van der Waals surface area contributed by atoms with Crippen LogP contribution in [0.3, 0.4) is 0 Å². The molecule has 1 heterocycles. The molecule has 84 valence electrons. The highest BCUT2D eigenvalue weighted by Gasteiger charge is 2.25. The molecule has 2 unspecified atom stereocenters. The molecule has 0 radical (unpaired) electrons. The van der Waals surface area contributed by atoms with E-state index in [0.29, 0.717) is 5.92 Å². The number of furan rings is 1. The molecule has 1 aromatic rings.